The van der Waals surface area contributed by atoms with E-state index in [0.29, 0.717) is 23.1 Å². The predicted molar refractivity (Wildman–Crippen MR) is 149 cm³/mol. The summed E-state index contributed by atoms with van der Waals surface area (Å²) in [5.74, 6) is 0.569. The lowest BCUT2D eigenvalue weighted by molar-refractivity contribution is -0.113. The lowest BCUT2D eigenvalue weighted by atomic mass is 10.0. The molecule has 1 heterocycles. The quantitative estimate of drug-likeness (QED) is 0.230. The van der Waals surface area contributed by atoms with E-state index in [2.05, 4.69) is 43.3 Å². The zero-order chi connectivity index (χ0) is 26.4. The number of thioether (sulfide) groups is 1. The number of nitrogens with zero attached hydrogens (tertiary/aromatic N) is 3. The molecule has 7 nitrogen and oxygen atoms in total. The predicted octanol–water partition coefficient (Wildman–Crippen LogP) is 6.01. The molecule has 36 heavy (non-hydrogen) atoms. The number of aryl methyl sites for hydroxylation is 1. The number of benzene rings is 2. The van der Waals surface area contributed by atoms with E-state index in [-0.39, 0.29) is 29.5 Å². The van der Waals surface area contributed by atoms with Gasteiger partial charge in [-0.2, -0.15) is 0 Å². The Labute approximate surface area is 225 Å². The van der Waals surface area contributed by atoms with Crippen LogP contribution in [-0.2, 0) is 11.3 Å². The number of carbonyl (C=O) groups excluding carboxylic acids is 2. The van der Waals surface area contributed by atoms with Crippen LogP contribution in [0.15, 0.2) is 58.7 Å². The fourth-order valence-corrected chi connectivity index (χ4v) is 4.82. The normalized spacial score (nSPS) is 11.9. The van der Waals surface area contributed by atoms with Gasteiger partial charge in [0.15, 0.2) is 11.0 Å². The summed E-state index contributed by atoms with van der Waals surface area (Å²) >= 11 is 4.82. The van der Waals surface area contributed by atoms with Crippen LogP contribution in [0.2, 0.25) is 0 Å². The van der Waals surface area contributed by atoms with Crippen molar-refractivity contribution >= 4 is 45.2 Å². The first kappa shape index (κ1) is 27.7. The van der Waals surface area contributed by atoms with E-state index in [1.165, 1.54) is 11.8 Å². The number of allylic oxidation sites excluding steroid dienone is 1. The zero-order valence-corrected chi connectivity index (χ0v) is 23.7. The smallest absolute Gasteiger partial charge is 0.251 e. The molecular weight excluding hydrogens is 538 g/mol. The maximum absolute atomic E-state index is 12.9. The molecule has 1 aromatic heterocycles. The molecule has 2 aromatic carbocycles. The number of hydrogen-bond donors (Lipinski definition) is 2. The van der Waals surface area contributed by atoms with Gasteiger partial charge in [0.2, 0.25) is 5.91 Å². The summed E-state index contributed by atoms with van der Waals surface area (Å²) < 4.78 is 2.91. The van der Waals surface area contributed by atoms with E-state index >= 15 is 0 Å². The third-order valence-electron chi connectivity index (χ3n) is 5.93. The van der Waals surface area contributed by atoms with Crippen LogP contribution in [0.25, 0.3) is 0 Å². The van der Waals surface area contributed by atoms with Gasteiger partial charge in [-0.3, -0.25) is 9.59 Å². The average molecular weight is 571 g/mol. The van der Waals surface area contributed by atoms with Crippen LogP contribution in [0, 0.1) is 26.7 Å². The molecule has 2 amide bonds. The van der Waals surface area contributed by atoms with Gasteiger partial charge in [0.05, 0.1) is 11.8 Å². The van der Waals surface area contributed by atoms with Crippen molar-refractivity contribution in [2.45, 2.75) is 52.4 Å². The van der Waals surface area contributed by atoms with Crippen LogP contribution in [0.1, 0.15) is 52.8 Å². The molecule has 3 aromatic rings. The standard InChI is InChI=1S/C27H32BrN5O2S/c1-7-14-33-25(24(16(2)3)30-26(35)20-10-8-17(4)9-11-20)31-32-27(33)36-15-23(34)29-22-13-12-21(28)18(5)19(22)6/h7-13,16,24H,1,14-15H2,2-6H3,(H,29,34)(H,30,35)/t24-/m1/s1. The molecule has 0 aliphatic heterocycles. The minimum atomic E-state index is -0.359. The number of rotatable bonds is 10. The topological polar surface area (TPSA) is 88.9 Å². The molecule has 0 aliphatic rings. The van der Waals surface area contributed by atoms with Crippen LogP contribution in [0.3, 0.4) is 0 Å². The summed E-state index contributed by atoms with van der Waals surface area (Å²) in [6.45, 7) is 14.3. The Morgan fingerprint density at radius 2 is 1.78 bits per heavy atom. The number of anilines is 1. The molecule has 0 saturated heterocycles. The lowest BCUT2D eigenvalue weighted by Crippen LogP contribution is -2.33. The van der Waals surface area contributed by atoms with Gasteiger partial charge < -0.3 is 15.2 Å². The van der Waals surface area contributed by atoms with Crippen molar-refractivity contribution in [1.29, 1.82) is 0 Å². The van der Waals surface area contributed by atoms with Crippen molar-refractivity contribution in [3.05, 3.63) is 81.6 Å². The Bertz CT molecular complexity index is 1250. The van der Waals surface area contributed by atoms with Gasteiger partial charge in [-0.05, 0) is 62.1 Å². The summed E-state index contributed by atoms with van der Waals surface area (Å²) in [4.78, 5) is 25.6. The molecule has 3 rings (SSSR count). The monoisotopic (exact) mass is 569 g/mol. The third kappa shape index (κ3) is 6.64. The molecule has 1 atom stereocenters. The fraction of sp³-hybridized carbons (Fsp3) is 0.333. The number of nitrogens with one attached hydrogen (secondary N) is 2. The number of halogens is 1. The molecule has 0 unspecified atom stereocenters. The molecule has 2 N–H and O–H groups in total. The Morgan fingerprint density at radius 3 is 2.42 bits per heavy atom. The summed E-state index contributed by atoms with van der Waals surface area (Å²) in [6.07, 6.45) is 1.75. The summed E-state index contributed by atoms with van der Waals surface area (Å²) in [6, 6.07) is 10.9. The second-order valence-electron chi connectivity index (χ2n) is 8.98. The first-order chi connectivity index (χ1) is 17.1. The van der Waals surface area contributed by atoms with Crippen molar-refractivity contribution < 1.29 is 9.59 Å². The van der Waals surface area contributed by atoms with Crippen LogP contribution in [0.5, 0.6) is 0 Å². The fourth-order valence-electron chi connectivity index (χ4n) is 3.64. The maximum Gasteiger partial charge on any atom is 0.251 e. The van der Waals surface area contributed by atoms with Crippen molar-refractivity contribution in [2.75, 3.05) is 11.1 Å². The minimum absolute atomic E-state index is 0.0666. The van der Waals surface area contributed by atoms with Crippen LogP contribution in [0.4, 0.5) is 5.69 Å². The average Bonchev–Trinajstić information content (AvgIpc) is 3.24. The number of amides is 2. The second-order valence-corrected chi connectivity index (χ2v) is 10.8. The van der Waals surface area contributed by atoms with E-state index in [4.69, 9.17) is 0 Å². The van der Waals surface area contributed by atoms with Crippen molar-refractivity contribution in [3.63, 3.8) is 0 Å². The Hall–Kier alpha value is -2.91. The van der Waals surface area contributed by atoms with Crippen molar-refractivity contribution in [1.82, 2.24) is 20.1 Å². The van der Waals surface area contributed by atoms with Crippen molar-refractivity contribution in [3.8, 4) is 0 Å². The van der Waals surface area contributed by atoms with Gasteiger partial charge in [-0.1, -0.05) is 65.3 Å². The van der Waals surface area contributed by atoms with E-state index in [1.54, 1.807) is 6.08 Å². The van der Waals surface area contributed by atoms with E-state index in [0.717, 1.165) is 26.9 Å². The van der Waals surface area contributed by atoms with Gasteiger partial charge >= 0.3 is 0 Å². The highest BCUT2D eigenvalue weighted by molar-refractivity contribution is 9.10. The highest BCUT2D eigenvalue weighted by Gasteiger charge is 2.26. The summed E-state index contributed by atoms with van der Waals surface area (Å²) in [5.41, 5.74) is 4.57. The number of carbonyl (C=O) groups is 2. The van der Waals surface area contributed by atoms with Gasteiger partial charge in [-0.25, -0.2) is 0 Å². The van der Waals surface area contributed by atoms with Crippen LogP contribution < -0.4 is 10.6 Å². The first-order valence-corrected chi connectivity index (χ1v) is 13.5. The lowest BCUT2D eigenvalue weighted by Gasteiger charge is -2.22. The van der Waals surface area contributed by atoms with Gasteiger partial charge in [0, 0.05) is 22.3 Å². The minimum Gasteiger partial charge on any atom is -0.342 e. The van der Waals surface area contributed by atoms with Gasteiger partial charge in [0.1, 0.15) is 0 Å². The van der Waals surface area contributed by atoms with E-state index < -0.39 is 0 Å². The van der Waals surface area contributed by atoms with Crippen LogP contribution in [-0.4, -0.2) is 32.3 Å². The molecule has 0 spiro atoms. The Kier molecular flexibility index (Phi) is 9.50. The Morgan fingerprint density at radius 1 is 1.08 bits per heavy atom. The molecular formula is C27H32BrN5O2S. The molecule has 190 valence electrons. The van der Waals surface area contributed by atoms with Gasteiger partial charge in [-0.15, -0.1) is 16.8 Å². The largest absolute Gasteiger partial charge is 0.342 e. The number of aromatic nitrogens is 3. The van der Waals surface area contributed by atoms with Crippen molar-refractivity contribution in [2.24, 2.45) is 5.92 Å². The van der Waals surface area contributed by atoms with Crippen LogP contribution >= 0.6 is 27.7 Å². The second kappa shape index (κ2) is 12.4. The zero-order valence-electron chi connectivity index (χ0n) is 21.3. The van der Waals surface area contributed by atoms with E-state index in [9.17, 15) is 9.59 Å². The van der Waals surface area contributed by atoms with Gasteiger partial charge in [0.25, 0.3) is 5.91 Å². The summed E-state index contributed by atoms with van der Waals surface area (Å²) in [7, 11) is 0. The molecule has 0 aliphatic carbocycles. The Balaban J connectivity index is 1.76. The highest BCUT2D eigenvalue weighted by atomic mass is 79.9. The third-order valence-corrected chi connectivity index (χ3v) is 7.76. The molecule has 0 bridgehead atoms. The maximum atomic E-state index is 12.9. The first-order valence-electron chi connectivity index (χ1n) is 11.7. The molecule has 0 fully saturated rings. The summed E-state index contributed by atoms with van der Waals surface area (Å²) in [5, 5.41) is 15.4. The highest BCUT2D eigenvalue weighted by Crippen LogP contribution is 2.28. The van der Waals surface area contributed by atoms with E-state index in [1.807, 2.05) is 75.6 Å². The SMILES string of the molecule is C=CCn1c(SCC(=O)Nc2ccc(Br)c(C)c2C)nnc1[C@H](NC(=O)c1ccc(C)cc1)C(C)C. The molecule has 9 heteroatoms. The molecule has 0 saturated carbocycles. The number of hydrogen-bond acceptors (Lipinski definition) is 5. The molecule has 0 radical (unpaired) electrons.